The van der Waals surface area contributed by atoms with Crippen LogP contribution in [0.3, 0.4) is 0 Å². The highest BCUT2D eigenvalue weighted by atomic mass is 32.2. The molecule has 0 aromatic carbocycles. The number of nitrogens with one attached hydrogen (secondary N) is 1. The van der Waals surface area contributed by atoms with Crippen LogP contribution in [0.15, 0.2) is 42.1 Å². The molecule has 0 spiro atoms. The molecule has 1 aromatic heterocycles. The Morgan fingerprint density at radius 3 is 3.13 bits per heavy atom. The van der Waals surface area contributed by atoms with Crippen LogP contribution in [0.1, 0.15) is 6.42 Å². The third kappa shape index (κ3) is 5.22. The Hall–Kier alpha value is -1.29. The second-order valence-electron chi connectivity index (χ2n) is 2.87. The normalized spacial score (nSPS) is 9.60. The van der Waals surface area contributed by atoms with Crippen LogP contribution >= 0.6 is 11.8 Å². The first-order valence-electron chi connectivity index (χ1n) is 4.77. The van der Waals surface area contributed by atoms with Crippen molar-refractivity contribution in [3.05, 3.63) is 37.1 Å². The summed E-state index contributed by atoms with van der Waals surface area (Å²) >= 11 is 1.69. The number of pyridine rings is 1. The van der Waals surface area contributed by atoms with Gasteiger partial charge in [-0.25, -0.2) is 4.98 Å². The van der Waals surface area contributed by atoms with E-state index in [2.05, 4.69) is 16.9 Å². The van der Waals surface area contributed by atoms with Gasteiger partial charge in [0.1, 0.15) is 0 Å². The number of hydrogen-bond acceptors (Lipinski definition) is 3. The quantitative estimate of drug-likeness (QED) is 0.454. The zero-order valence-electron chi connectivity index (χ0n) is 8.48. The number of hydrogen-bond donors (Lipinski definition) is 1. The predicted octanol–water partition coefficient (Wildman–Crippen LogP) is 1.87. The molecule has 1 aromatic rings. The zero-order chi connectivity index (χ0) is 10.9. The SMILES string of the molecule is C=CC(=O)NCCCSc1ccccn1. The number of carbonyl (C=O) groups excluding carboxylic acids is 1. The van der Waals surface area contributed by atoms with Crippen molar-refractivity contribution in [1.82, 2.24) is 10.3 Å². The van der Waals surface area contributed by atoms with Gasteiger partial charge < -0.3 is 5.32 Å². The molecule has 1 N–H and O–H groups in total. The Morgan fingerprint density at radius 1 is 1.60 bits per heavy atom. The van der Waals surface area contributed by atoms with E-state index in [1.807, 2.05) is 18.2 Å². The lowest BCUT2D eigenvalue weighted by atomic mass is 10.4. The Morgan fingerprint density at radius 2 is 2.47 bits per heavy atom. The van der Waals surface area contributed by atoms with Gasteiger partial charge in [-0.2, -0.15) is 0 Å². The highest BCUT2D eigenvalue weighted by Crippen LogP contribution is 2.14. The van der Waals surface area contributed by atoms with Crippen LogP contribution in [0.5, 0.6) is 0 Å². The van der Waals surface area contributed by atoms with Crippen LogP contribution in [0.25, 0.3) is 0 Å². The van der Waals surface area contributed by atoms with Crippen molar-refractivity contribution in [2.75, 3.05) is 12.3 Å². The Bertz CT molecular complexity index is 314. The van der Waals surface area contributed by atoms with Crippen LogP contribution in [0.2, 0.25) is 0 Å². The van der Waals surface area contributed by atoms with Gasteiger partial charge >= 0.3 is 0 Å². The number of thioether (sulfide) groups is 1. The lowest BCUT2D eigenvalue weighted by Gasteiger charge is -2.01. The molecule has 0 aliphatic heterocycles. The Labute approximate surface area is 94.0 Å². The molecule has 0 aliphatic carbocycles. The van der Waals surface area contributed by atoms with Crippen molar-refractivity contribution in [2.24, 2.45) is 0 Å². The summed E-state index contributed by atoms with van der Waals surface area (Å²) in [5.41, 5.74) is 0. The molecule has 0 radical (unpaired) electrons. The third-order valence-corrected chi connectivity index (χ3v) is 2.72. The molecule has 0 fully saturated rings. The fourth-order valence-corrected chi connectivity index (χ4v) is 1.77. The van der Waals surface area contributed by atoms with Gasteiger partial charge in [0.05, 0.1) is 5.03 Å². The van der Waals surface area contributed by atoms with E-state index in [1.165, 1.54) is 6.08 Å². The van der Waals surface area contributed by atoms with Crippen molar-refractivity contribution >= 4 is 17.7 Å². The summed E-state index contributed by atoms with van der Waals surface area (Å²) < 4.78 is 0. The third-order valence-electron chi connectivity index (χ3n) is 1.69. The average molecular weight is 222 g/mol. The smallest absolute Gasteiger partial charge is 0.243 e. The molecule has 0 aliphatic rings. The van der Waals surface area contributed by atoms with Gasteiger partial charge in [0, 0.05) is 18.5 Å². The van der Waals surface area contributed by atoms with Crippen molar-refractivity contribution < 1.29 is 4.79 Å². The molecule has 15 heavy (non-hydrogen) atoms. The molecule has 0 saturated heterocycles. The van der Waals surface area contributed by atoms with Crippen LogP contribution < -0.4 is 5.32 Å². The van der Waals surface area contributed by atoms with E-state index in [-0.39, 0.29) is 5.91 Å². The lowest BCUT2D eigenvalue weighted by Crippen LogP contribution is -2.22. The molecule has 80 valence electrons. The molecule has 4 heteroatoms. The standard InChI is InChI=1S/C11H14N2OS/c1-2-10(14)12-8-5-9-15-11-6-3-4-7-13-11/h2-4,6-7H,1,5,8-9H2,(H,12,14). The van der Waals surface area contributed by atoms with Crippen molar-refractivity contribution in [3.63, 3.8) is 0 Å². The molecule has 0 atom stereocenters. The van der Waals surface area contributed by atoms with Gasteiger partial charge in [0.25, 0.3) is 0 Å². The van der Waals surface area contributed by atoms with Gasteiger partial charge in [-0.1, -0.05) is 12.6 Å². The summed E-state index contributed by atoms with van der Waals surface area (Å²) in [4.78, 5) is 15.0. The molecule has 1 amide bonds. The van der Waals surface area contributed by atoms with Gasteiger partial charge in [0.2, 0.25) is 5.91 Å². The van der Waals surface area contributed by atoms with Crippen molar-refractivity contribution in [1.29, 1.82) is 0 Å². The Balaban J connectivity index is 2.07. The fraction of sp³-hybridized carbons (Fsp3) is 0.273. The molecule has 0 saturated carbocycles. The number of amides is 1. The minimum Gasteiger partial charge on any atom is -0.353 e. The first kappa shape index (κ1) is 11.8. The number of nitrogens with zero attached hydrogens (tertiary/aromatic N) is 1. The van der Waals surface area contributed by atoms with E-state index in [0.29, 0.717) is 6.54 Å². The summed E-state index contributed by atoms with van der Waals surface area (Å²) in [7, 11) is 0. The first-order chi connectivity index (χ1) is 7.33. The number of aromatic nitrogens is 1. The van der Waals surface area contributed by atoms with E-state index in [4.69, 9.17) is 0 Å². The van der Waals surface area contributed by atoms with E-state index < -0.39 is 0 Å². The van der Waals surface area contributed by atoms with Gasteiger partial charge in [-0.05, 0) is 24.6 Å². The maximum atomic E-state index is 10.8. The minimum atomic E-state index is -0.113. The van der Waals surface area contributed by atoms with Gasteiger partial charge in [0.15, 0.2) is 0 Å². The summed E-state index contributed by atoms with van der Waals surface area (Å²) in [5, 5.41) is 3.75. The molecule has 0 unspecified atom stereocenters. The second kappa shape index (κ2) is 7.06. The molecule has 3 nitrogen and oxygen atoms in total. The minimum absolute atomic E-state index is 0.113. The maximum Gasteiger partial charge on any atom is 0.243 e. The van der Waals surface area contributed by atoms with Crippen LogP contribution in [-0.4, -0.2) is 23.2 Å². The number of rotatable bonds is 6. The lowest BCUT2D eigenvalue weighted by molar-refractivity contribution is -0.116. The largest absolute Gasteiger partial charge is 0.353 e. The molecule has 0 bridgehead atoms. The predicted molar refractivity (Wildman–Crippen MR) is 62.8 cm³/mol. The number of carbonyl (C=O) groups is 1. The topological polar surface area (TPSA) is 42.0 Å². The first-order valence-corrected chi connectivity index (χ1v) is 5.75. The summed E-state index contributed by atoms with van der Waals surface area (Å²) in [6, 6.07) is 5.84. The molecule has 1 rings (SSSR count). The highest BCUT2D eigenvalue weighted by molar-refractivity contribution is 7.99. The Kier molecular flexibility index (Phi) is 5.55. The van der Waals surface area contributed by atoms with Crippen LogP contribution in [-0.2, 0) is 4.79 Å². The van der Waals surface area contributed by atoms with Gasteiger partial charge in [-0.3, -0.25) is 4.79 Å². The zero-order valence-corrected chi connectivity index (χ0v) is 9.30. The fourth-order valence-electron chi connectivity index (χ4n) is 0.965. The highest BCUT2D eigenvalue weighted by Gasteiger charge is 1.95. The van der Waals surface area contributed by atoms with Crippen LogP contribution in [0, 0.1) is 0 Å². The average Bonchev–Trinajstić information content (AvgIpc) is 2.29. The molecule has 1 heterocycles. The monoisotopic (exact) mass is 222 g/mol. The van der Waals surface area contributed by atoms with Crippen LogP contribution in [0.4, 0.5) is 0 Å². The maximum absolute atomic E-state index is 10.8. The van der Waals surface area contributed by atoms with Crippen molar-refractivity contribution in [3.8, 4) is 0 Å². The summed E-state index contributed by atoms with van der Waals surface area (Å²) in [6.45, 7) is 4.07. The molecular weight excluding hydrogens is 208 g/mol. The van der Waals surface area contributed by atoms with Crippen molar-refractivity contribution in [2.45, 2.75) is 11.4 Å². The van der Waals surface area contributed by atoms with E-state index in [9.17, 15) is 4.79 Å². The van der Waals surface area contributed by atoms with E-state index in [0.717, 1.165) is 17.2 Å². The summed E-state index contributed by atoms with van der Waals surface area (Å²) in [5.74, 6) is 0.840. The second-order valence-corrected chi connectivity index (χ2v) is 3.98. The van der Waals surface area contributed by atoms with Gasteiger partial charge in [-0.15, -0.1) is 11.8 Å². The summed E-state index contributed by atoms with van der Waals surface area (Å²) in [6.07, 6.45) is 3.99. The van der Waals surface area contributed by atoms with E-state index >= 15 is 0 Å². The van der Waals surface area contributed by atoms with E-state index in [1.54, 1.807) is 18.0 Å². The molecular formula is C11H14N2OS.